The number of carbonyl (C=O) groups is 1. The van der Waals surface area contributed by atoms with Crippen LogP contribution in [-0.2, 0) is 8.92 Å². The fourth-order valence-electron chi connectivity index (χ4n) is 2.02. The van der Waals surface area contributed by atoms with Crippen LogP contribution in [0.25, 0.3) is 0 Å². The van der Waals surface area contributed by atoms with E-state index in [9.17, 15) is 18.0 Å². The fourth-order valence-corrected chi connectivity index (χ4v) is 2.41. The van der Waals surface area contributed by atoms with Crippen molar-refractivity contribution in [1.29, 1.82) is 0 Å². The number of hydrogen-bond donors (Lipinski definition) is 0. The summed E-state index contributed by atoms with van der Waals surface area (Å²) in [7, 11) is 1.00. The molecule has 0 fully saturated rings. The predicted molar refractivity (Wildman–Crippen MR) is 102 cm³/mol. The maximum atomic E-state index is 13.6. The molecule has 1 rings (SSSR count). The normalized spacial score (nSPS) is 12.5. The molecule has 0 amide bonds. The molecule has 0 saturated heterocycles. The molecule has 0 saturated carbocycles. The highest BCUT2D eigenvalue weighted by atomic mass is 32.2. The first-order chi connectivity index (χ1) is 13.3. The zero-order valence-electron chi connectivity index (χ0n) is 16.3. The van der Waals surface area contributed by atoms with E-state index in [1.54, 1.807) is 6.07 Å². The number of hydrogen-bond acceptors (Lipinski definition) is 6. The Bertz CT molecular complexity index is 573. The van der Waals surface area contributed by atoms with Crippen LogP contribution < -0.4 is 9.47 Å². The summed E-state index contributed by atoms with van der Waals surface area (Å²) in [6.07, 6.45) is 0.832. The number of esters is 1. The summed E-state index contributed by atoms with van der Waals surface area (Å²) in [5, 5.41) is -3.82. The van der Waals surface area contributed by atoms with Crippen molar-refractivity contribution < 1.29 is 36.4 Å². The van der Waals surface area contributed by atoms with E-state index in [0.29, 0.717) is 24.7 Å². The van der Waals surface area contributed by atoms with E-state index in [2.05, 4.69) is 4.18 Å². The van der Waals surface area contributed by atoms with Gasteiger partial charge in [0.1, 0.15) is 18.1 Å². The Labute approximate surface area is 168 Å². The van der Waals surface area contributed by atoms with E-state index < -0.39 is 24.0 Å². The van der Waals surface area contributed by atoms with Crippen LogP contribution in [0.4, 0.5) is 13.2 Å². The Morgan fingerprint density at radius 2 is 1.61 bits per heavy atom. The zero-order chi connectivity index (χ0) is 21.0. The second-order valence-electron chi connectivity index (χ2n) is 5.97. The lowest BCUT2D eigenvalue weighted by atomic mass is 10.2. The number of benzene rings is 1. The van der Waals surface area contributed by atoms with Crippen LogP contribution in [0.5, 0.6) is 11.5 Å². The van der Waals surface area contributed by atoms with Crippen LogP contribution in [0.3, 0.4) is 0 Å². The minimum Gasteiger partial charge on any atom is -0.493 e. The standard InChI is InChI=1S/C19H27F3O5S/c1-4-6-8-25-15-10-14(11-16(12-15)26-9-7-5-2)18(23)27-13-17(20)19(21,22)28-24-3/h10-12,17H,4-9,13H2,1-3H3. The Morgan fingerprint density at radius 1 is 1.07 bits per heavy atom. The van der Waals surface area contributed by atoms with Crippen LogP contribution in [0.15, 0.2) is 18.2 Å². The quantitative estimate of drug-likeness (QED) is 0.226. The van der Waals surface area contributed by atoms with Gasteiger partial charge in [-0.05, 0) is 25.0 Å². The van der Waals surface area contributed by atoms with E-state index in [0.717, 1.165) is 32.8 Å². The van der Waals surface area contributed by atoms with Gasteiger partial charge in [0, 0.05) is 6.07 Å². The van der Waals surface area contributed by atoms with Gasteiger partial charge in [0.15, 0.2) is 0 Å². The van der Waals surface area contributed by atoms with Gasteiger partial charge in [-0.3, -0.25) is 0 Å². The summed E-state index contributed by atoms with van der Waals surface area (Å²) in [5.41, 5.74) is 0.0374. The molecule has 28 heavy (non-hydrogen) atoms. The first-order valence-corrected chi connectivity index (χ1v) is 9.89. The highest BCUT2D eigenvalue weighted by Gasteiger charge is 2.43. The molecule has 5 nitrogen and oxygen atoms in total. The van der Waals surface area contributed by atoms with Crippen molar-refractivity contribution in [1.82, 2.24) is 0 Å². The maximum Gasteiger partial charge on any atom is 0.351 e. The van der Waals surface area contributed by atoms with Gasteiger partial charge in [0.2, 0.25) is 6.17 Å². The second kappa shape index (κ2) is 12.8. The highest BCUT2D eigenvalue weighted by Crippen LogP contribution is 2.35. The predicted octanol–water partition coefficient (Wildman–Crippen LogP) is 5.43. The van der Waals surface area contributed by atoms with Crippen molar-refractivity contribution >= 4 is 18.0 Å². The van der Waals surface area contributed by atoms with Gasteiger partial charge in [-0.2, -0.15) is 8.78 Å². The van der Waals surface area contributed by atoms with Crippen molar-refractivity contribution in [3.05, 3.63) is 23.8 Å². The molecular formula is C19H27F3O5S. The molecule has 0 heterocycles. The second-order valence-corrected chi connectivity index (χ2v) is 7.02. The lowest BCUT2D eigenvalue weighted by Crippen LogP contribution is -2.31. The molecular weight excluding hydrogens is 397 g/mol. The fraction of sp³-hybridized carbons (Fsp3) is 0.632. The van der Waals surface area contributed by atoms with E-state index in [4.69, 9.17) is 14.2 Å². The van der Waals surface area contributed by atoms with Crippen LogP contribution in [0.2, 0.25) is 0 Å². The molecule has 0 aliphatic carbocycles. The molecule has 1 aromatic carbocycles. The number of halogens is 3. The summed E-state index contributed by atoms with van der Waals surface area (Å²) in [6.45, 7) is 3.84. The van der Waals surface area contributed by atoms with Crippen LogP contribution in [0.1, 0.15) is 49.9 Å². The Balaban J connectivity index is 2.82. The van der Waals surface area contributed by atoms with E-state index in [-0.39, 0.29) is 17.6 Å². The summed E-state index contributed by atoms with van der Waals surface area (Å²) >= 11 is -0.323. The Hall–Kier alpha value is -1.61. The van der Waals surface area contributed by atoms with Gasteiger partial charge in [-0.1, -0.05) is 26.7 Å². The van der Waals surface area contributed by atoms with Gasteiger partial charge >= 0.3 is 11.2 Å². The molecule has 1 aromatic rings. The first kappa shape index (κ1) is 24.4. The van der Waals surface area contributed by atoms with Crippen LogP contribution in [0, 0.1) is 0 Å². The Morgan fingerprint density at radius 3 is 2.07 bits per heavy atom. The molecule has 0 spiro atoms. The lowest BCUT2D eigenvalue weighted by Gasteiger charge is -2.18. The molecule has 0 aliphatic rings. The molecule has 0 bridgehead atoms. The summed E-state index contributed by atoms with van der Waals surface area (Å²) in [4.78, 5) is 12.2. The molecule has 1 atom stereocenters. The van der Waals surface area contributed by atoms with Gasteiger partial charge in [0.05, 0.1) is 37.9 Å². The maximum absolute atomic E-state index is 13.6. The minimum atomic E-state index is -3.82. The van der Waals surface area contributed by atoms with Gasteiger partial charge in [-0.15, -0.1) is 0 Å². The van der Waals surface area contributed by atoms with Crippen LogP contribution in [-0.4, -0.2) is 44.3 Å². The van der Waals surface area contributed by atoms with E-state index in [1.165, 1.54) is 12.1 Å². The zero-order valence-corrected chi connectivity index (χ0v) is 17.2. The number of ether oxygens (including phenoxy) is 3. The van der Waals surface area contributed by atoms with Gasteiger partial charge in [-0.25, -0.2) is 9.18 Å². The van der Waals surface area contributed by atoms with Crippen molar-refractivity contribution in [3.8, 4) is 11.5 Å². The summed E-state index contributed by atoms with van der Waals surface area (Å²) in [5.74, 6) is -0.153. The average Bonchev–Trinajstić information content (AvgIpc) is 2.66. The number of alkyl halides is 3. The van der Waals surface area contributed by atoms with Crippen molar-refractivity contribution in [2.75, 3.05) is 26.9 Å². The lowest BCUT2D eigenvalue weighted by molar-refractivity contribution is -0.0279. The molecule has 160 valence electrons. The summed E-state index contributed by atoms with van der Waals surface area (Å²) in [6, 6.07) is 4.48. The Kier molecular flexibility index (Phi) is 11.1. The molecule has 0 radical (unpaired) electrons. The summed E-state index contributed by atoms with van der Waals surface area (Å²) < 4.78 is 60.5. The third kappa shape index (κ3) is 8.60. The molecule has 0 aliphatic heterocycles. The molecule has 0 aromatic heterocycles. The minimum absolute atomic E-state index is 0.0374. The van der Waals surface area contributed by atoms with Gasteiger partial charge < -0.3 is 18.4 Å². The third-order valence-electron chi connectivity index (χ3n) is 3.57. The largest absolute Gasteiger partial charge is 0.493 e. The number of unbranched alkanes of at least 4 members (excludes halogenated alkanes) is 2. The average molecular weight is 424 g/mol. The highest BCUT2D eigenvalue weighted by molar-refractivity contribution is 7.95. The number of rotatable bonds is 14. The van der Waals surface area contributed by atoms with Crippen LogP contribution >= 0.6 is 12.0 Å². The molecule has 0 N–H and O–H groups in total. The SMILES string of the molecule is CCCCOc1cc(OCCCC)cc(C(=O)OCC(F)C(F)(F)SOC)c1. The monoisotopic (exact) mass is 424 g/mol. The van der Waals surface area contributed by atoms with Crippen molar-refractivity contribution in [3.63, 3.8) is 0 Å². The topological polar surface area (TPSA) is 54.0 Å². The van der Waals surface area contributed by atoms with E-state index in [1.807, 2.05) is 13.8 Å². The van der Waals surface area contributed by atoms with Crippen molar-refractivity contribution in [2.45, 2.75) is 51.0 Å². The smallest absolute Gasteiger partial charge is 0.351 e. The third-order valence-corrected chi connectivity index (χ3v) is 4.21. The first-order valence-electron chi connectivity index (χ1n) is 9.15. The molecule has 1 unspecified atom stereocenters. The molecule has 9 heteroatoms. The van der Waals surface area contributed by atoms with E-state index >= 15 is 0 Å². The van der Waals surface area contributed by atoms with Gasteiger partial charge in [0.25, 0.3) is 0 Å². The number of carbonyl (C=O) groups excluding carboxylic acids is 1. The van der Waals surface area contributed by atoms with Crippen molar-refractivity contribution in [2.24, 2.45) is 0 Å².